The number of anilines is 1. The van der Waals surface area contributed by atoms with E-state index in [1.54, 1.807) is 0 Å². The topological polar surface area (TPSA) is 102 Å². The highest BCUT2D eigenvalue weighted by atomic mass is 35.5. The highest BCUT2D eigenvalue weighted by Gasteiger charge is 2.36. The van der Waals surface area contributed by atoms with Crippen molar-refractivity contribution in [2.45, 2.75) is 52.5 Å². The molecule has 0 radical (unpaired) electrons. The van der Waals surface area contributed by atoms with Crippen molar-refractivity contribution in [3.05, 3.63) is 43.7 Å². The summed E-state index contributed by atoms with van der Waals surface area (Å²) in [6.45, 7) is 6.64. The molecule has 7 nitrogen and oxygen atoms in total. The maximum atomic E-state index is 13.4. The van der Waals surface area contributed by atoms with Gasteiger partial charge in [0, 0.05) is 16.5 Å². The Bertz CT molecular complexity index is 1290. The molecule has 2 aromatic rings. The first kappa shape index (κ1) is 27.2. The lowest BCUT2D eigenvalue weighted by molar-refractivity contribution is 0.0941. The number of ether oxygens (including phenoxy) is 1. The maximum Gasteiger partial charge on any atom is 0.256 e. The van der Waals surface area contributed by atoms with E-state index in [2.05, 4.69) is 31.4 Å². The van der Waals surface area contributed by atoms with Gasteiger partial charge in [-0.1, -0.05) is 44.0 Å². The van der Waals surface area contributed by atoms with Crippen LogP contribution < -0.4 is 15.4 Å². The highest BCUT2D eigenvalue weighted by molar-refractivity contribution is 7.91. The summed E-state index contributed by atoms with van der Waals surface area (Å²) in [6.07, 6.45) is 2.85. The van der Waals surface area contributed by atoms with E-state index in [1.165, 1.54) is 30.6 Å². The second-order valence-electron chi connectivity index (χ2n) is 10.5. The maximum absolute atomic E-state index is 13.4. The number of fused-ring (bicyclic) bond motifs is 1. The van der Waals surface area contributed by atoms with Crippen LogP contribution in [0.2, 0.25) is 10.0 Å². The molecule has 2 heterocycles. The van der Waals surface area contributed by atoms with Gasteiger partial charge in [0.05, 0.1) is 34.2 Å². The highest BCUT2D eigenvalue weighted by Crippen LogP contribution is 2.44. The molecule has 1 aliphatic heterocycles. The van der Waals surface area contributed by atoms with Gasteiger partial charge in [-0.25, -0.2) is 8.42 Å². The Labute approximate surface area is 225 Å². The number of hydrogen-bond donors (Lipinski definition) is 2. The van der Waals surface area contributed by atoms with Crippen molar-refractivity contribution in [2.24, 2.45) is 11.3 Å². The largest absolute Gasteiger partial charge is 0.494 e. The molecule has 2 unspecified atom stereocenters. The fourth-order valence-electron chi connectivity index (χ4n) is 4.88. The molecule has 0 saturated carbocycles. The molecule has 1 aromatic carbocycles. The van der Waals surface area contributed by atoms with Gasteiger partial charge in [-0.2, -0.15) is 0 Å². The van der Waals surface area contributed by atoms with Gasteiger partial charge in [0.15, 0.2) is 15.6 Å². The quantitative estimate of drug-likeness (QED) is 0.500. The molecule has 0 bridgehead atoms. The molecular formula is C25H30Cl2N2O5S2. The molecule has 1 saturated heterocycles. The van der Waals surface area contributed by atoms with Crippen molar-refractivity contribution in [3.63, 3.8) is 0 Å². The van der Waals surface area contributed by atoms with Crippen molar-refractivity contribution in [3.8, 4) is 5.75 Å². The van der Waals surface area contributed by atoms with Gasteiger partial charge < -0.3 is 15.4 Å². The van der Waals surface area contributed by atoms with E-state index in [9.17, 15) is 18.0 Å². The Hall–Kier alpha value is -1.81. The van der Waals surface area contributed by atoms with Crippen molar-refractivity contribution < 1.29 is 22.7 Å². The average molecular weight is 574 g/mol. The second-order valence-corrected chi connectivity index (χ2v) is 14.7. The standard InChI is InChI=1S/C25H30Cl2N2O5S2/c1-25(2,3)14-5-6-16-19(11-14)35-24(20(16)23(31)28-15-7-8-36(32,33)12-15)29-22(30)13-9-17(26)21(34-4)18(27)10-13/h9-10,14-15H,5-8,11-12H2,1-4H3,(H,28,31)(H,29,30). The van der Waals surface area contributed by atoms with Crippen LogP contribution in [0.4, 0.5) is 5.00 Å². The van der Waals surface area contributed by atoms with Crippen LogP contribution in [-0.4, -0.2) is 44.9 Å². The molecule has 11 heteroatoms. The Kier molecular flexibility index (Phi) is 7.68. The third-order valence-electron chi connectivity index (χ3n) is 6.98. The number of carbonyl (C=O) groups excluding carboxylic acids is 2. The summed E-state index contributed by atoms with van der Waals surface area (Å²) >= 11 is 13.9. The average Bonchev–Trinajstić information content (AvgIpc) is 3.30. The Morgan fingerprint density at radius 3 is 2.33 bits per heavy atom. The summed E-state index contributed by atoms with van der Waals surface area (Å²) in [4.78, 5) is 27.7. The fourth-order valence-corrected chi connectivity index (χ4v) is 8.52. The molecule has 36 heavy (non-hydrogen) atoms. The number of thiophene rings is 1. The number of rotatable bonds is 5. The van der Waals surface area contributed by atoms with Gasteiger partial charge in [0.25, 0.3) is 11.8 Å². The lowest BCUT2D eigenvalue weighted by Crippen LogP contribution is -2.36. The first-order valence-corrected chi connectivity index (χ1v) is 15.2. The van der Waals surface area contributed by atoms with E-state index < -0.39 is 21.8 Å². The molecule has 1 aromatic heterocycles. The van der Waals surface area contributed by atoms with Gasteiger partial charge in [-0.3, -0.25) is 9.59 Å². The van der Waals surface area contributed by atoms with Crippen LogP contribution >= 0.6 is 34.5 Å². The molecule has 2 N–H and O–H groups in total. The normalized spacial score (nSPS) is 21.1. The second kappa shape index (κ2) is 10.2. The predicted octanol–water partition coefficient (Wildman–Crippen LogP) is 5.38. The molecular weight excluding hydrogens is 543 g/mol. The summed E-state index contributed by atoms with van der Waals surface area (Å²) in [5.74, 6) is -0.0876. The SMILES string of the molecule is COc1c(Cl)cc(C(=O)Nc2sc3c(c2C(=O)NC2CCS(=O)(=O)C2)CCC(C(C)(C)C)C3)cc1Cl. The first-order valence-electron chi connectivity index (χ1n) is 11.8. The number of sulfone groups is 1. The molecule has 4 rings (SSSR count). The smallest absolute Gasteiger partial charge is 0.256 e. The van der Waals surface area contributed by atoms with Gasteiger partial charge in [-0.15, -0.1) is 11.3 Å². The minimum absolute atomic E-state index is 0.0650. The Balaban J connectivity index is 1.67. The molecule has 1 fully saturated rings. The first-order chi connectivity index (χ1) is 16.8. The van der Waals surface area contributed by atoms with Crippen LogP contribution in [0.25, 0.3) is 0 Å². The van der Waals surface area contributed by atoms with E-state index in [0.717, 1.165) is 29.7 Å². The number of amides is 2. The van der Waals surface area contributed by atoms with Crippen LogP contribution in [-0.2, 0) is 22.7 Å². The van der Waals surface area contributed by atoms with Gasteiger partial charge in [-0.05, 0) is 54.7 Å². The predicted molar refractivity (Wildman–Crippen MR) is 145 cm³/mol. The number of halogens is 2. The van der Waals surface area contributed by atoms with E-state index in [4.69, 9.17) is 27.9 Å². The molecule has 196 valence electrons. The van der Waals surface area contributed by atoms with Crippen molar-refractivity contribution in [1.29, 1.82) is 0 Å². The summed E-state index contributed by atoms with van der Waals surface area (Å²) in [7, 11) is -1.71. The van der Waals surface area contributed by atoms with Crippen LogP contribution in [0.1, 0.15) is 64.8 Å². The third kappa shape index (κ3) is 5.69. The Morgan fingerprint density at radius 2 is 1.78 bits per heavy atom. The summed E-state index contributed by atoms with van der Waals surface area (Å²) in [5.41, 5.74) is 1.70. The van der Waals surface area contributed by atoms with Crippen LogP contribution in [0.15, 0.2) is 12.1 Å². The summed E-state index contributed by atoms with van der Waals surface area (Å²) in [5, 5.41) is 6.64. The van der Waals surface area contributed by atoms with E-state index in [-0.39, 0.29) is 44.2 Å². The number of hydrogen-bond acceptors (Lipinski definition) is 6. The van der Waals surface area contributed by atoms with Gasteiger partial charge in [0.2, 0.25) is 0 Å². The van der Waals surface area contributed by atoms with Gasteiger partial charge >= 0.3 is 0 Å². The van der Waals surface area contributed by atoms with Crippen LogP contribution in [0, 0.1) is 11.3 Å². The molecule has 1 aliphatic carbocycles. The van der Waals surface area contributed by atoms with Crippen molar-refractivity contribution >= 4 is 61.2 Å². The molecule has 2 amide bonds. The number of benzene rings is 1. The van der Waals surface area contributed by atoms with Crippen LogP contribution in [0.3, 0.4) is 0 Å². The molecule has 2 atom stereocenters. The number of carbonyl (C=O) groups is 2. The summed E-state index contributed by atoms with van der Waals surface area (Å²) in [6, 6.07) is 2.49. The Morgan fingerprint density at radius 1 is 1.11 bits per heavy atom. The monoisotopic (exact) mass is 572 g/mol. The van der Waals surface area contributed by atoms with Crippen LogP contribution in [0.5, 0.6) is 5.75 Å². The number of methoxy groups -OCH3 is 1. The fraction of sp³-hybridized carbons (Fsp3) is 0.520. The van der Waals surface area contributed by atoms with E-state index in [1.807, 2.05) is 0 Å². The van der Waals surface area contributed by atoms with E-state index in [0.29, 0.717) is 22.9 Å². The minimum atomic E-state index is -3.15. The molecule has 2 aliphatic rings. The molecule has 0 spiro atoms. The number of nitrogens with one attached hydrogen (secondary N) is 2. The minimum Gasteiger partial charge on any atom is -0.494 e. The third-order valence-corrected chi connectivity index (χ3v) is 10.5. The lowest BCUT2D eigenvalue weighted by atomic mass is 9.72. The van der Waals surface area contributed by atoms with Gasteiger partial charge in [0.1, 0.15) is 5.00 Å². The zero-order valence-electron chi connectivity index (χ0n) is 20.7. The zero-order chi connectivity index (χ0) is 26.4. The van der Waals surface area contributed by atoms with E-state index >= 15 is 0 Å². The summed E-state index contributed by atoms with van der Waals surface area (Å²) < 4.78 is 29.0. The van der Waals surface area contributed by atoms with Crippen molar-refractivity contribution in [1.82, 2.24) is 5.32 Å². The van der Waals surface area contributed by atoms with Crippen molar-refractivity contribution in [2.75, 3.05) is 23.9 Å². The lowest BCUT2D eigenvalue weighted by Gasteiger charge is -2.33. The zero-order valence-corrected chi connectivity index (χ0v) is 23.8.